The molecule has 0 heterocycles. The standard InChI is InChI=1S/C13H19FO2/c1-13(2,3)16-9-11(15)8-10-6-4-5-7-12(10)14/h4-7,11,15H,8-9H2,1-3H3. The molecule has 0 amide bonds. The van der Waals surface area contributed by atoms with Crippen molar-refractivity contribution < 1.29 is 14.2 Å². The first-order chi connectivity index (χ1) is 7.38. The zero-order valence-corrected chi connectivity index (χ0v) is 10.0. The van der Waals surface area contributed by atoms with E-state index < -0.39 is 6.10 Å². The molecule has 1 rings (SSSR count). The minimum Gasteiger partial charge on any atom is -0.390 e. The summed E-state index contributed by atoms with van der Waals surface area (Å²) in [6.45, 7) is 5.98. The summed E-state index contributed by atoms with van der Waals surface area (Å²) in [4.78, 5) is 0. The number of aliphatic hydroxyl groups excluding tert-OH is 1. The van der Waals surface area contributed by atoms with Crippen LogP contribution >= 0.6 is 0 Å². The lowest BCUT2D eigenvalue weighted by molar-refractivity contribution is -0.0484. The van der Waals surface area contributed by atoms with Gasteiger partial charge in [0.1, 0.15) is 5.82 Å². The van der Waals surface area contributed by atoms with E-state index in [2.05, 4.69) is 0 Å². The van der Waals surface area contributed by atoms with Crippen molar-refractivity contribution in [3.05, 3.63) is 35.6 Å². The van der Waals surface area contributed by atoms with Crippen LogP contribution < -0.4 is 0 Å². The second-order valence-corrected chi connectivity index (χ2v) is 4.87. The van der Waals surface area contributed by atoms with Gasteiger partial charge in [-0.15, -0.1) is 0 Å². The minimum atomic E-state index is -0.670. The number of ether oxygens (including phenoxy) is 1. The van der Waals surface area contributed by atoms with E-state index in [0.717, 1.165) is 0 Å². The van der Waals surface area contributed by atoms with Gasteiger partial charge in [-0.3, -0.25) is 0 Å². The zero-order chi connectivity index (χ0) is 12.2. The van der Waals surface area contributed by atoms with Crippen LogP contribution in [0, 0.1) is 5.82 Å². The number of hydrogen-bond donors (Lipinski definition) is 1. The maximum atomic E-state index is 13.3. The molecule has 1 aromatic carbocycles. The molecule has 0 aliphatic carbocycles. The Hall–Kier alpha value is -0.930. The van der Waals surface area contributed by atoms with Crippen LogP contribution in [0.25, 0.3) is 0 Å². The Morgan fingerprint density at radius 1 is 1.31 bits per heavy atom. The molecule has 0 radical (unpaired) electrons. The monoisotopic (exact) mass is 226 g/mol. The minimum absolute atomic E-state index is 0.220. The Labute approximate surface area is 96.1 Å². The molecule has 0 aromatic heterocycles. The van der Waals surface area contributed by atoms with E-state index in [9.17, 15) is 9.50 Å². The van der Waals surface area contributed by atoms with Crippen molar-refractivity contribution >= 4 is 0 Å². The Kier molecular flexibility index (Phi) is 4.44. The highest BCUT2D eigenvalue weighted by Gasteiger charge is 2.14. The van der Waals surface area contributed by atoms with Gasteiger partial charge in [0.2, 0.25) is 0 Å². The molecule has 0 bridgehead atoms. The van der Waals surface area contributed by atoms with Gasteiger partial charge in [-0.2, -0.15) is 0 Å². The molecule has 90 valence electrons. The fraction of sp³-hybridized carbons (Fsp3) is 0.538. The van der Waals surface area contributed by atoms with Gasteiger partial charge in [0.05, 0.1) is 18.3 Å². The fourth-order valence-electron chi connectivity index (χ4n) is 1.32. The van der Waals surface area contributed by atoms with Crippen molar-refractivity contribution in [3.63, 3.8) is 0 Å². The van der Waals surface area contributed by atoms with Crippen molar-refractivity contribution in [2.75, 3.05) is 6.61 Å². The van der Waals surface area contributed by atoms with E-state index in [1.54, 1.807) is 18.2 Å². The van der Waals surface area contributed by atoms with Crippen LogP contribution in [-0.4, -0.2) is 23.4 Å². The lowest BCUT2D eigenvalue weighted by Crippen LogP contribution is -2.27. The summed E-state index contributed by atoms with van der Waals surface area (Å²) in [6, 6.07) is 6.47. The van der Waals surface area contributed by atoms with E-state index in [1.165, 1.54) is 6.07 Å². The number of benzene rings is 1. The Bertz CT molecular complexity index is 331. The van der Waals surface area contributed by atoms with Gasteiger partial charge in [-0.05, 0) is 32.4 Å². The molecule has 0 fully saturated rings. The van der Waals surface area contributed by atoms with Crippen LogP contribution in [0.15, 0.2) is 24.3 Å². The van der Waals surface area contributed by atoms with Crippen molar-refractivity contribution in [1.29, 1.82) is 0 Å². The van der Waals surface area contributed by atoms with Crippen LogP contribution in [0.5, 0.6) is 0 Å². The molecular formula is C13H19FO2. The summed E-state index contributed by atoms with van der Waals surface area (Å²) in [5, 5.41) is 9.70. The van der Waals surface area contributed by atoms with Gasteiger partial charge < -0.3 is 9.84 Å². The van der Waals surface area contributed by atoms with Crippen LogP contribution in [0.4, 0.5) is 4.39 Å². The first-order valence-electron chi connectivity index (χ1n) is 5.44. The first-order valence-corrected chi connectivity index (χ1v) is 5.44. The SMILES string of the molecule is CC(C)(C)OCC(O)Cc1ccccc1F. The van der Waals surface area contributed by atoms with Crippen molar-refractivity contribution in [3.8, 4) is 0 Å². The smallest absolute Gasteiger partial charge is 0.126 e. The van der Waals surface area contributed by atoms with Crippen LogP contribution in [-0.2, 0) is 11.2 Å². The highest BCUT2D eigenvalue weighted by Crippen LogP contribution is 2.12. The maximum absolute atomic E-state index is 13.3. The largest absolute Gasteiger partial charge is 0.390 e. The van der Waals surface area contributed by atoms with E-state index in [-0.39, 0.29) is 24.4 Å². The molecule has 1 N–H and O–H groups in total. The van der Waals surface area contributed by atoms with Gasteiger partial charge >= 0.3 is 0 Å². The summed E-state index contributed by atoms with van der Waals surface area (Å²) in [5.74, 6) is -0.280. The molecule has 1 aromatic rings. The predicted molar refractivity (Wildman–Crippen MR) is 61.8 cm³/mol. The Morgan fingerprint density at radius 3 is 2.50 bits per heavy atom. The molecule has 0 spiro atoms. The Morgan fingerprint density at radius 2 is 1.94 bits per heavy atom. The summed E-state index contributed by atoms with van der Waals surface area (Å²) < 4.78 is 18.7. The summed E-state index contributed by atoms with van der Waals surface area (Å²) in [7, 11) is 0. The zero-order valence-electron chi connectivity index (χ0n) is 10.0. The average molecular weight is 226 g/mol. The maximum Gasteiger partial charge on any atom is 0.126 e. The highest BCUT2D eigenvalue weighted by atomic mass is 19.1. The molecule has 0 saturated carbocycles. The molecule has 0 saturated heterocycles. The van der Waals surface area contributed by atoms with E-state index >= 15 is 0 Å². The first kappa shape index (κ1) is 13.1. The normalized spacial score (nSPS) is 13.8. The van der Waals surface area contributed by atoms with Gasteiger partial charge in [0, 0.05) is 6.42 Å². The van der Waals surface area contributed by atoms with Crippen molar-refractivity contribution in [1.82, 2.24) is 0 Å². The quantitative estimate of drug-likeness (QED) is 0.855. The topological polar surface area (TPSA) is 29.5 Å². The molecule has 0 aliphatic rings. The number of rotatable bonds is 4. The fourth-order valence-corrected chi connectivity index (χ4v) is 1.32. The van der Waals surface area contributed by atoms with Gasteiger partial charge in [0.15, 0.2) is 0 Å². The van der Waals surface area contributed by atoms with Gasteiger partial charge in [-0.25, -0.2) is 4.39 Å². The van der Waals surface area contributed by atoms with E-state index in [4.69, 9.17) is 4.74 Å². The van der Waals surface area contributed by atoms with Crippen LogP contribution in [0.1, 0.15) is 26.3 Å². The lowest BCUT2D eigenvalue weighted by Gasteiger charge is -2.22. The molecular weight excluding hydrogens is 207 g/mol. The van der Waals surface area contributed by atoms with Crippen LogP contribution in [0.3, 0.4) is 0 Å². The third-order valence-electron chi connectivity index (χ3n) is 2.12. The average Bonchev–Trinajstić information content (AvgIpc) is 2.18. The summed E-state index contributed by atoms with van der Waals surface area (Å²) in [5.41, 5.74) is 0.239. The molecule has 1 atom stereocenters. The van der Waals surface area contributed by atoms with Gasteiger partial charge in [0.25, 0.3) is 0 Å². The van der Waals surface area contributed by atoms with Gasteiger partial charge in [-0.1, -0.05) is 18.2 Å². The van der Waals surface area contributed by atoms with Crippen molar-refractivity contribution in [2.45, 2.75) is 38.9 Å². The molecule has 3 heteroatoms. The summed E-state index contributed by atoms with van der Waals surface area (Å²) in [6.07, 6.45) is -0.390. The molecule has 0 aliphatic heterocycles. The van der Waals surface area contributed by atoms with Crippen LogP contribution in [0.2, 0.25) is 0 Å². The number of halogens is 1. The lowest BCUT2D eigenvalue weighted by atomic mass is 10.1. The highest BCUT2D eigenvalue weighted by molar-refractivity contribution is 5.17. The van der Waals surface area contributed by atoms with E-state index in [0.29, 0.717) is 5.56 Å². The molecule has 2 nitrogen and oxygen atoms in total. The second kappa shape index (κ2) is 5.41. The van der Waals surface area contributed by atoms with E-state index in [1.807, 2.05) is 20.8 Å². The molecule has 1 unspecified atom stereocenters. The summed E-state index contributed by atoms with van der Waals surface area (Å²) >= 11 is 0. The second-order valence-electron chi connectivity index (χ2n) is 4.87. The third-order valence-corrected chi connectivity index (χ3v) is 2.12. The number of hydrogen-bond acceptors (Lipinski definition) is 2. The third kappa shape index (κ3) is 4.73. The number of aliphatic hydroxyl groups is 1. The molecule has 16 heavy (non-hydrogen) atoms. The predicted octanol–water partition coefficient (Wildman–Crippen LogP) is 2.54. The van der Waals surface area contributed by atoms with Crippen molar-refractivity contribution in [2.24, 2.45) is 0 Å². The Balaban J connectivity index is 2.46.